The molecule has 0 saturated heterocycles. The van der Waals surface area contributed by atoms with Gasteiger partial charge in [0.25, 0.3) is 0 Å². The Hall–Kier alpha value is -1.23. The third-order valence-corrected chi connectivity index (χ3v) is 3.71. The summed E-state index contributed by atoms with van der Waals surface area (Å²) in [6.45, 7) is 7.07. The van der Waals surface area contributed by atoms with E-state index in [-0.39, 0.29) is 0 Å². The van der Waals surface area contributed by atoms with Crippen LogP contribution in [-0.4, -0.2) is 21.7 Å². The van der Waals surface area contributed by atoms with E-state index in [1.54, 1.807) is 0 Å². The van der Waals surface area contributed by atoms with Crippen molar-refractivity contribution in [1.82, 2.24) is 10.2 Å². The second kappa shape index (κ2) is 4.56. The lowest BCUT2D eigenvalue weighted by Crippen LogP contribution is -2.19. The minimum atomic E-state index is 0.381. The number of hydrogen-bond acceptors (Lipinski definition) is 4. The summed E-state index contributed by atoms with van der Waals surface area (Å²) in [7, 11) is 0. The lowest BCUT2D eigenvalue weighted by Gasteiger charge is -2.12. The lowest BCUT2D eigenvalue weighted by atomic mass is 10.1. The van der Waals surface area contributed by atoms with E-state index in [9.17, 15) is 0 Å². The average molecular weight is 250 g/mol. The van der Waals surface area contributed by atoms with Crippen LogP contribution in [0.5, 0.6) is 0 Å². The summed E-state index contributed by atoms with van der Waals surface area (Å²) in [4.78, 5) is 0.381. The number of aryl methyl sites for hydroxylation is 1. The van der Waals surface area contributed by atoms with E-state index in [2.05, 4.69) is 22.4 Å². The maximum absolute atomic E-state index is 5.76. The van der Waals surface area contributed by atoms with Gasteiger partial charge in [0.15, 0.2) is 5.82 Å². The molecule has 2 unspecified atom stereocenters. The Bertz CT molecular complexity index is 458. The third kappa shape index (κ3) is 2.54. The molecule has 1 heterocycles. The molecule has 2 rings (SSSR count). The standard InChI is InChI=1S/C12H18N4S/c1-6-4-9(6)5-14-12-10(11(13)17)7(2)8(3)15-16-12/h6,9H,4-5H2,1-3H3,(H2,13,17)(H,14,16). The van der Waals surface area contributed by atoms with Crippen molar-refractivity contribution in [2.24, 2.45) is 17.6 Å². The van der Waals surface area contributed by atoms with E-state index >= 15 is 0 Å². The first-order chi connectivity index (χ1) is 8.00. The third-order valence-electron chi connectivity index (χ3n) is 3.51. The van der Waals surface area contributed by atoms with Crippen molar-refractivity contribution < 1.29 is 0 Å². The molecule has 17 heavy (non-hydrogen) atoms. The topological polar surface area (TPSA) is 63.8 Å². The summed E-state index contributed by atoms with van der Waals surface area (Å²) in [6, 6.07) is 0. The first kappa shape index (κ1) is 12.2. The largest absolute Gasteiger partial charge is 0.389 e. The highest BCUT2D eigenvalue weighted by molar-refractivity contribution is 7.80. The Kier molecular flexibility index (Phi) is 3.28. The van der Waals surface area contributed by atoms with Crippen LogP contribution in [0.1, 0.15) is 30.2 Å². The van der Waals surface area contributed by atoms with E-state index in [1.807, 2.05) is 13.8 Å². The number of nitrogens with two attached hydrogens (primary N) is 1. The molecular weight excluding hydrogens is 232 g/mol. The van der Waals surface area contributed by atoms with Gasteiger partial charge >= 0.3 is 0 Å². The highest BCUT2D eigenvalue weighted by atomic mass is 32.1. The van der Waals surface area contributed by atoms with Crippen molar-refractivity contribution in [1.29, 1.82) is 0 Å². The molecule has 0 aliphatic heterocycles. The molecule has 5 heteroatoms. The number of thiocarbonyl (C=S) groups is 1. The molecule has 0 aromatic carbocycles. The van der Waals surface area contributed by atoms with Gasteiger partial charge in [-0.1, -0.05) is 19.1 Å². The van der Waals surface area contributed by atoms with Crippen LogP contribution in [0.2, 0.25) is 0 Å². The molecule has 0 radical (unpaired) electrons. The van der Waals surface area contributed by atoms with Crippen molar-refractivity contribution >= 4 is 23.0 Å². The smallest absolute Gasteiger partial charge is 0.159 e. The molecule has 0 bridgehead atoms. The van der Waals surface area contributed by atoms with Gasteiger partial charge in [0.1, 0.15) is 4.99 Å². The van der Waals surface area contributed by atoms with Crippen molar-refractivity contribution in [3.8, 4) is 0 Å². The van der Waals surface area contributed by atoms with Gasteiger partial charge in [-0.3, -0.25) is 0 Å². The fourth-order valence-corrected chi connectivity index (χ4v) is 2.19. The minimum absolute atomic E-state index is 0.381. The van der Waals surface area contributed by atoms with E-state index in [1.165, 1.54) is 6.42 Å². The summed E-state index contributed by atoms with van der Waals surface area (Å²) in [5.41, 5.74) is 8.48. The van der Waals surface area contributed by atoms with Crippen LogP contribution >= 0.6 is 12.2 Å². The number of hydrogen-bond donors (Lipinski definition) is 2. The van der Waals surface area contributed by atoms with E-state index < -0.39 is 0 Å². The molecule has 2 atom stereocenters. The second-order valence-electron chi connectivity index (χ2n) is 4.85. The highest BCUT2D eigenvalue weighted by Gasteiger charge is 2.32. The van der Waals surface area contributed by atoms with Gasteiger partial charge in [-0.15, -0.1) is 5.10 Å². The van der Waals surface area contributed by atoms with Crippen LogP contribution in [0.25, 0.3) is 0 Å². The maximum atomic E-state index is 5.76. The Balaban J connectivity index is 2.20. The monoisotopic (exact) mass is 250 g/mol. The quantitative estimate of drug-likeness (QED) is 0.798. The minimum Gasteiger partial charge on any atom is -0.389 e. The normalized spacial score (nSPS) is 22.3. The summed E-state index contributed by atoms with van der Waals surface area (Å²) in [6.07, 6.45) is 1.29. The molecule has 1 aliphatic rings. The molecule has 92 valence electrons. The van der Waals surface area contributed by atoms with Crippen LogP contribution in [0.4, 0.5) is 5.82 Å². The van der Waals surface area contributed by atoms with Crippen molar-refractivity contribution in [3.63, 3.8) is 0 Å². The Morgan fingerprint density at radius 2 is 2.12 bits per heavy atom. The fourth-order valence-electron chi connectivity index (χ4n) is 1.95. The summed E-state index contributed by atoms with van der Waals surface area (Å²) in [5, 5.41) is 11.6. The SMILES string of the molecule is Cc1nnc(NCC2CC2C)c(C(N)=S)c1C. The van der Waals surface area contributed by atoms with E-state index in [4.69, 9.17) is 18.0 Å². The zero-order valence-corrected chi connectivity index (χ0v) is 11.3. The molecular formula is C12H18N4S. The first-order valence-corrected chi connectivity index (χ1v) is 6.29. The number of anilines is 1. The van der Waals surface area contributed by atoms with Crippen molar-refractivity contribution in [2.45, 2.75) is 27.2 Å². The van der Waals surface area contributed by atoms with Gasteiger partial charge in [-0.25, -0.2) is 0 Å². The molecule has 1 aromatic rings. The lowest BCUT2D eigenvalue weighted by molar-refractivity contribution is 0.780. The van der Waals surface area contributed by atoms with Gasteiger partial charge in [-0.05, 0) is 37.7 Å². The van der Waals surface area contributed by atoms with Crippen LogP contribution in [0, 0.1) is 25.7 Å². The predicted octanol–water partition coefficient (Wildman–Crippen LogP) is 1.80. The molecule has 4 nitrogen and oxygen atoms in total. The molecule has 1 aliphatic carbocycles. The van der Waals surface area contributed by atoms with Gasteiger partial charge < -0.3 is 11.1 Å². The van der Waals surface area contributed by atoms with Crippen LogP contribution in [0.3, 0.4) is 0 Å². The summed E-state index contributed by atoms with van der Waals surface area (Å²) in [5.74, 6) is 2.28. The fraction of sp³-hybridized carbons (Fsp3) is 0.583. The zero-order valence-electron chi connectivity index (χ0n) is 10.4. The Morgan fingerprint density at radius 3 is 2.65 bits per heavy atom. The molecule has 1 aromatic heterocycles. The van der Waals surface area contributed by atoms with Gasteiger partial charge in [0.2, 0.25) is 0 Å². The maximum Gasteiger partial charge on any atom is 0.159 e. The zero-order chi connectivity index (χ0) is 12.6. The predicted molar refractivity (Wildman–Crippen MR) is 73.2 cm³/mol. The number of rotatable bonds is 4. The first-order valence-electron chi connectivity index (χ1n) is 5.88. The van der Waals surface area contributed by atoms with Crippen LogP contribution in [-0.2, 0) is 0 Å². The molecule has 1 saturated carbocycles. The summed E-state index contributed by atoms with van der Waals surface area (Å²) < 4.78 is 0. The summed E-state index contributed by atoms with van der Waals surface area (Å²) >= 11 is 5.09. The Labute approximate surface area is 107 Å². The molecule has 0 spiro atoms. The number of aromatic nitrogens is 2. The molecule has 0 amide bonds. The molecule has 3 N–H and O–H groups in total. The molecule has 1 fully saturated rings. The van der Waals surface area contributed by atoms with Crippen molar-refractivity contribution in [3.05, 3.63) is 16.8 Å². The average Bonchev–Trinajstić information content (AvgIpc) is 2.96. The van der Waals surface area contributed by atoms with Crippen LogP contribution < -0.4 is 11.1 Å². The van der Waals surface area contributed by atoms with Crippen molar-refractivity contribution in [2.75, 3.05) is 11.9 Å². The van der Waals surface area contributed by atoms with Gasteiger partial charge in [-0.2, -0.15) is 5.10 Å². The highest BCUT2D eigenvalue weighted by Crippen LogP contribution is 2.37. The van der Waals surface area contributed by atoms with Gasteiger partial charge in [0.05, 0.1) is 11.3 Å². The van der Waals surface area contributed by atoms with Gasteiger partial charge in [0, 0.05) is 6.54 Å². The van der Waals surface area contributed by atoms with E-state index in [0.29, 0.717) is 4.99 Å². The number of nitrogens with one attached hydrogen (secondary N) is 1. The van der Waals surface area contributed by atoms with Crippen LogP contribution in [0.15, 0.2) is 0 Å². The Morgan fingerprint density at radius 1 is 1.47 bits per heavy atom. The van der Waals surface area contributed by atoms with E-state index in [0.717, 1.165) is 41.0 Å². The number of nitrogens with zero attached hydrogens (tertiary/aromatic N) is 2. The second-order valence-corrected chi connectivity index (χ2v) is 5.29.